The molecule has 0 saturated carbocycles. The number of aryl methyl sites for hydroxylation is 2. The lowest BCUT2D eigenvalue weighted by molar-refractivity contribution is -0.134. The van der Waals surface area contributed by atoms with Gasteiger partial charge in [-0.25, -0.2) is 8.78 Å². The van der Waals surface area contributed by atoms with Gasteiger partial charge in [-0.3, -0.25) is 39.5 Å². The fraction of sp³-hybridized carbons (Fsp3) is 0.357. The molecule has 14 nitrogen and oxygen atoms in total. The van der Waals surface area contributed by atoms with E-state index in [0.29, 0.717) is 78.8 Å². The molecular formula is C42H43F2N11O3. The van der Waals surface area contributed by atoms with Gasteiger partial charge in [-0.15, -0.1) is 5.10 Å². The second-order valence-electron chi connectivity index (χ2n) is 15.3. The number of imide groups is 1. The second kappa shape index (κ2) is 15.6. The van der Waals surface area contributed by atoms with Crippen molar-refractivity contribution in [2.75, 3.05) is 50.7 Å². The Morgan fingerprint density at radius 2 is 1.83 bits per heavy atom. The fourth-order valence-corrected chi connectivity index (χ4v) is 8.65. The number of fused-ring (bicyclic) bond motifs is 2. The first-order valence-electron chi connectivity index (χ1n) is 19.8. The quantitative estimate of drug-likeness (QED) is 0.165. The van der Waals surface area contributed by atoms with Gasteiger partial charge in [0.05, 0.1) is 41.8 Å². The Bertz CT molecular complexity index is 2570. The van der Waals surface area contributed by atoms with Gasteiger partial charge in [0.25, 0.3) is 0 Å². The molecule has 0 spiro atoms. The Morgan fingerprint density at radius 1 is 0.966 bits per heavy atom. The largest absolute Gasteiger partial charge is 0.367 e. The van der Waals surface area contributed by atoms with E-state index >= 15 is 8.78 Å². The predicted molar refractivity (Wildman–Crippen MR) is 214 cm³/mol. The molecule has 1 atom stereocenters. The van der Waals surface area contributed by atoms with Crippen LogP contribution >= 0.6 is 0 Å². The third kappa shape index (κ3) is 7.12. The highest BCUT2D eigenvalue weighted by atomic mass is 19.1. The topological polar surface area (TPSA) is 161 Å². The minimum absolute atomic E-state index is 0.0487. The molecule has 3 aliphatic heterocycles. The smallest absolute Gasteiger partial charge is 0.235 e. The maximum atomic E-state index is 16.2. The lowest BCUT2D eigenvalue weighted by Crippen LogP contribution is -2.47. The number of hydrogen-bond acceptors (Lipinski definition) is 9. The zero-order valence-corrected chi connectivity index (χ0v) is 32.1. The van der Waals surface area contributed by atoms with Gasteiger partial charge in [-0.2, -0.15) is 10.2 Å². The van der Waals surface area contributed by atoms with Crippen LogP contribution in [0.5, 0.6) is 0 Å². The maximum absolute atomic E-state index is 16.2. The third-order valence-electron chi connectivity index (χ3n) is 11.8. The molecule has 1 unspecified atom stereocenters. The van der Waals surface area contributed by atoms with Crippen molar-refractivity contribution < 1.29 is 23.2 Å². The molecule has 2 saturated heterocycles. The molecule has 2 fully saturated rings. The predicted octanol–water partition coefficient (Wildman–Crippen LogP) is 4.88. The number of piperidine rings is 1. The number of para-hydroxylation sites is 1. The highest BCUT2D eigenvalue weighted by Crippen LogP contribution is 2.39. The summed E-state index contributed by atoms with van der Waals surface area (Å²) in [4.78, 5) is 43.6. The summed E-state index contributed by atoms with van der Waals surface area (Å²) in [6.07, 6.45) is 9.18. The van der Waals surface area contributed by atoms with Crippen LogP contribution in [0, 0.1) is 18.6 Å². The van der Waals surface area contributed by atoms with Crippen LogP contribution < -0.4 is 10.2 Å². The third-order valence-corrected chi connectivity index (χ3v) is 11.8. The number of rotatable bonds is 10. The summed E-state index contributed by atoms with van der Waals surface area (Å²) in [5, 5.41) is 26.2. The molecule has 16 heteroatoms. The van der Waals surface area contributed by atoms with Gasteiger partial charge < -0.3 is 9.80 Å². The number of amides is 3. The minimum atomic E-state index is -0.454. The van der Waals surface area contributed by atoms with Crippen molar-refractivity contribution in [3.8, 4) is 11.1 Å². The zero-order chi connectivity index (χ0) is 39.9. The van der Waals surface area contributed by atoms with Crippen LogP contribution in [0.2, 0.25) is 0 Å². The van der Waals surface area contributed by atoms with Crippen LogP contribution in [0.1, 0.15) is 54.0 Å². The van der Waals surface area contributed by atoms with Gasteiger partial charge in [0.1, 0.15) is 11.3 Å². The number of nitrogens with one attached hydrogen (secondary N) is 3. The van der Waals surface area contributed by atoms with Gasteiger partial charge in [0.2, 0.25) is 17.7 Å². The first-order valence-corrected chi connectivity index (χ1v) is 19.8. The maximum Gasteiger partial charge on any atom is 0.235 e. The lowest BCUT2D eigenvalue weighted by Gasteiger charge is -2.36. The molecule has 3 amide bonds. The van der Waals surface area contributed by atoms with Gasteiger partial charge in [0, 0.05) is 81.2 Å². The monoisotopic (exact) mass is 787 g/mol. The summed E-state index contributed by atoms with van der Waals surface area (Å²) in [6, 6.07) is 11.2. The van der Waals surface area contributed by atoms with E-state index in [4.69, 9.17) is 0 Å². The molecule has 6 aromatic rings. The number of anilines is 1. The summed E-state index contributed by atoms with van der Waals surface area (Å²) in [6.45, 7) is 6.76. The molecule has 0 radical (unpaired) electrons. The van der Waals surface area contributed by atoms with Crippen molar-refractivity contribution in [3.05, 3.63) is 95.1 Å². The number of halogens is 2. The number of aromatic amines is 2. The molecule has 58 heavy (non-hydrogen) atoms. The van der Waals surface area contributed by atoms with E-state index in [1.807, 2.05) is 31.2 Å². The molecule has 3 aromatic heterocycles. The van der Waals surface area contributed by atoms with Crippen molar-refractivity contribution in [2.45, 2.75) is 51.5 Å². The van der Waals surface area contributed by atoms with Crippen LogP contribution in [-0.2, 0) is 27.3 Å². The van der Waals surface area contributed by atoms with E-state index in [0.717, 1.165) is 53.8 Å². The van der Waals surface area contributed by atoms with E-state index in [1.165, 1.54) is 0 Å². The number of benzene rings is 3. The summed E-state index contributed by atoms with van der Waals surface area (Å²) in [5.41, 5.74) is 6.65. The number of piperazine rings is 1. The molecule has 298 valence electrons. The normalized spacial score (nSPS) is 18.0. The van der Waals surface area contributed by atoms with E-state index in [1.54, 1.807) is 40.3 Å². The number of carbonyl (C=O) groups excluding carboxylic acids is 3. The standard InChI is InChI=1S/C42H43F2N11O3/c1-25-20-35(53-18-16-52(17-19-53)13-9-26-4-2-6-28-39(26)49-50-40(28)29-7-8-36(56)47-42(29)58)34(43)22-30(25)32-21-31(38(44)41-33(32)23-46-48-41)27-5-3-12-54(24-27)37(57)10-14-55-15-11-45-51-55/h2,4-6,11,15,20-23,29H,3,7-10,12-14,16-19,24H2,1H3,(H,46,48)(H,49,50)(H,47,56,58). The Hall–Kier alpha value is -6.29. The second-order valence-corrected chi connectivity index (χ2v) is 15.3. The average molecular weight is 788 g/mol. The Morgan fingerprint density at radius 3 is 2.64 bits per heavy atom. The van der Waals surface area contributed by atoms with Crippen LogP contribution in [0.25, 0.3) is 38.5 Å². The van der Waals surface area contributed by atoms with E-state index in [9.17, 15) is 14.4 Å². The Balaban J connectivity index is 0.877. The summed E-state index contributed by atoms with van der Waals surface area (Å²) in [5.74, 6) is -1.83. The number of nitrogens with zero attached hydrogens (tertiary/aromatic N) is 8. The van der Waals surface area contributed by atoms with Crippen molar-refractivity contribution in [3.63, 3.8) is 0 Å². The molecule has 0 bridgehead atoms. The fourth-order valence-electron chi connectivity index (χ4n) is 8.65. The SMILES string of the molecule is Cc1cc(N2CCN(CCc3cccc4c(C5CCC(=O)NC5=O)[nH]nc34)CC2)c(F)cc1-c1cc(C2=CCCN(C(=O)CCn3ccnn3)C2)c(F)c2[nH]ncc12. The molecule has 6 heterocycles. The molecular weight excluding hydrogens is 745 g/mol. The van der Waals surface area contributed by atoms with E-state index in [2.05, 4.69) is 51.9 Å². The van der Waals surface area contributed by atoms with Crippen molar-refractivity contribution in [1.29, 1.82) is 0 Å². The summed E-state index contributed by atoms with van der Waals surface area (Å²) in [7, 11) is 0. The summed E-state index contributed by atoms with van der Waals surface area (Å²) >= 11 is 0. The first-order chi connectivity index (χ1) is 28.2. The minimum Gasteiger partial charge on any atom is -0.367 e. The summed E-state index contributed by atoms with van der Waals surface area (Å²) < 4.78 is 33.9. The number of H-pyrrole nitrogens is 2. The van der Waals surface area contributed by atoms with Crippen LogP contribution in [-0.4, -0.2) is 109 Å². The zero-order valence-electron chi connectivity index (χ0n) is 32.1. The number of carbonyl (C=O) groups is 3. The number of hydrogen-bond donors (Lipinski definition) is 3. The van der Waals surface area contributed by atoms with Crippen LogP contribution in [0.3, 0.4) is 0 Å². The molecule has 3 N–H and O–H groups in total. The van der Waals surface area contributed by atoms with Crippen LogP contribution in [0.4, 0.5) is 14.5 Å². The molecule has 9 rings (SSSR count). The molecule has 3 aromatic carbocycles. The van der Waals surface area contributed by atoms with Crippen LogP contribution in [0.15, 0.2) is 61.1 Å². The Kier molecular flexibility index (Phi) is 10.0. The van der Waals surface area contributed by atoms with Gasteiger partial charge in [0.15, 0.2) is 5.82 Å². The van der Waals surface area contributed by atoms with Gasteiger partial charge in [-0.1, -0.05) is 29.5 Å². The van der Waals surface area contributed by atoms with Gasteiger partial charge >= 0.3 is 0 Å². The van der Waals surface area contributed by atoms with E-state index < -0.39 is 11.7 Å². The average Bonchev–Trinajstić information content (AvgIpc) is 4.03. The highest BCUT2D eigenvalue weighted by molar-refractivity contribution is 6.03. The molecule has 3 aliphatic rings. The first kappa shape index (κ1) is 37.3. The molecule has 0 aliphatic carbocycles. The Labute approximate surface area is 332 Å². The van der Waals surface area contributed by atoms with Crippen molar-refractivity contribution in [1.82, 2.24) is 50.5 Å². The van der Waals surface area contributed by atoms with Gasteiger partial charge in [-0.05, 0) is 72.2 Å². The van der Waals surface area contributed by atoms with E-state index in [-0.39, 0.29) is 42.0 Å². The number of aromatic nitrogens is 7. The van der Waals surface area contributed by atoms with Crippen molar-refractivity contribution >= 4 is 50.8 Å². The lowest BCUT2D eigenvalue weighted by atomic mass is 9.91. The highest BCUT2D eigenvalue weighted by Gasteiger charge is 2.31. The van der Waals surface area contributed by atoms with Crippen molar-refractivity contribution in [2.24, 2.45) is 0 Å².